The number of rotatable bonds is 2. The number of nitrogens with zero attached hydrogens (tertiary/aromatic N) is 2. The lowest BCUT2D eigenvalue weighted by atomic mass is 10.1. The Morgan fingerprint density at radius 2 is 2.12 bits per heavy atom. The highest BCUT2D eigenvalue weighted by Gasteiger charge is 2.38. The summed E-state index contributed by atoms with van der Waals surface area (Å²) in [4.78, 5) is 2.14. The molecule has 3 nitrogen and oxygen atoms in total. The summed E-state index contributed by atoms with van der Waals surface area (Å²) >= 11 is 5.83. The van der Waals surface area contributed by atoms with Crippen molar-refractivity contribution >= 4 is 17.3 Å². The minimum atomic E-state index is -0.653. The van der Waals surface area contributed by atoms with Crippen LogP contribution >= 0.6 is 11.6 Å². The molecule has 1 aliphatic rings. The van der Waals surface area contributed by atoms with Crippen molar-refractivity contribution in [1.82, 2.24) is 0 Å². The van der Waals surface area contributed by atoms with Crippen molar-refractivity contribution in [2.75, 3.05) is 25.1 Å². The Morgan fingerprint density at radius 1 is 1.44 bits per heavy atom. The molecule has 1 heterocycles. The molecule has 1 saturated heterocycles. The molecular weight excluding hydrogens is 224 g/mol. The summed E-state index contributed by atoms with van der Waals surface area (Å²) < 4.78 is 5.29. The molecule has 1 fully saturated rings. The largest absolute Gasteiger partial charge is 0.367 e. The van der Waals surface area contributed by atoms with Gasteiger partial charge in [-0.1, -0.05) is 11.6 Å². The van der Waals surface area contributed by atoms with Crippen LogP contribution in [0.25, 0.3) is 0 Å². The molecule has 0 amide bonds. The Kier molecular flexibility index (Phi) is 3.04. The predicted molar refractivity (Wildman–Crippen MR) is 63.6 cm³/mol. The van der Waals surface area contributed by atoms with Gasteiger partial charge in [-0.3, -0.25) is 0 Å². The molecule has 1 aromatic rings. The highest BCUT2D eigenvalue weighted by atomic mass is 35.5. The first kappa shape index (κ1) is 11.3. The maximum atomic E-state index is 9.10. The molecule has 1 aromatic carbocycles. The summed E-state index contributed by atoms with van der Waals surface area (Å²) in [6, 6.07) is 9.89. The molecule has 16 heavy (non-hydrogen) atoms. The number of anilines is 1. The van der Waals surface area contributed by atoms with Crippen molar-refractivity contribution in [1.29, 1.82) is 5.26 Å². The van der Waals surface area contributed by atoms with Crippen molar-refractivity contribution in [2.45, 2.75) is 12.0 Å². The lowest BCUT2D eigenvalue weighted by Crippen LogP contribution is -2.33. The number of halogens is 1. The number of ether oxygens (including phenoxy) is 1. The Morgan fingerprint density at radius 3 is 2.62 bits per heavy atom. The van der Waals surface area contributed by atoms with Gasteiger partial charge in [-0.05, 0) is 24.3 Å². The van der Waals surface area contributed by atoms with E-state index in [1.807, 2.05) is 24.3 Å². The molecule has 0 N–H and O–H groups in total. The number of methoxy groups -OCH3 is 1. The lowest BCUT2D eigenvalue weighted by molar-refractivity contribution is 0.0584. The second kappa shape index (κ2) is 4.32. The fourth-order valence-electron chi connectivity index (χ4n) is 1.96. The third-order valence-electron chi connectivity index (χ3n) is 3.02. The van der Waals surface area contributed by atoms with Gasteiger partial charge in [0.15, 0.2) is 5.60 Å². The fraction of sp³-hybridized carbons (Fsp3) is 0.417. The van der Waals surface area contributed by atoms with Gasteiger partial charge in [0.1, 0.15) is 0 Å². The van der Waals surface area contributed by atoms with Crippen molar-refractivity contribution in [3.05, 3.63) is 29.3 Å². The Hall–Kier alpha value is -1.24. The molecule has 0 aromatic heterocycles. The van der Waals surface area contributed by atoms with Crippen molar-refractivity contribution in [3.8, 4) is 6.07 Å². The first-order chi connectivity index (χ1) is 7.69. The third-order valence-corrected chi connectivity index (χ3v) is 3.27. The first-order valence-corrected chi connectivity index (χ1v) is 5.54. The maximum Gasteiger partial charge on any atom is 0.172 e. The van der Waals surface area contributed by atoms with E-state index in [0.29, 0.717) is 6.54 Å². The molecule has 2 rings (SSSR count). The quantitative estimate of drug-likeness (QED) is 0.792. The van der Waals surface area contributed by atoms with E-state index in [4.69, 9.17) is 21.6 Å². The monoisotopic (exact) mass is 236 g/mol. The molecule has 0 aliphatic carbocycles. The second-order valence-electron chi connectivity index (χ2n) is 3.96. The van der Waals surface area contributed by atoms with E-state index in [-0.39, 0.29) is 0 Å². The first-order valence-electron chi connectivity index (χ1n) is 5.16. The Labute approximate surface area is 100 Å². The average molecular weight is 237 g/mol. The standard InChI is InChI=1S/C12H13ClN2O/c1-16-12(8-14)6-7-15(9-12)11-4-2-10(13)3-5-11/h2-5H,6-7,9H2,1H3. The summed E-state index contributed by atoms with van der Waals surface area (Å²) in [5, 5.41) is 9.83. The van der Waals surface area contributed by atoms with Gasteiger partial charge in [0.05, 0.1) is 12.6 Å². The molecule has 1 atom stereocenters. The van der Waals surface area contributed by atoms with E-state index in [0.717, 1.165) is 23.7 Å². The number of nitriles is 1. The van der Waals surface area contributed by atoms with Crippen LogP contribution in [-0.2, 0) is 4.74 Å². The zero-order chi connectivity index (χ0) is 11.6. The second-order valence-corrected chi connectivity index (χ2v) is 4.39. The summed E-state index contributed by atoms with van der Waals surface area (Å²) in [6.45, 7) is 1.45. The number of benzene rings is 1. The van der Waals surface area contributed by atoms with Crippen LogP contribution in [0.1, 0.15) is 6.42 Å². The molecule has 0 saturated carbocycles. The van der Waals surface area contributed by atoms with Gasteiger partial charge in [-0.15, -0.1) is 0 Å². The van der Waals surface area contributed by atoms with E-state index < -0.39 is 5.60 Å². The van der Waals surface area contributed by atoms with Crippen LogP contribution < -0.4 is 4.90 Å². The van der Waals surface area contributed by atoms with Gasteiger partial charge in [-0.2, -0.15) is 5.26 Å². The highest BCUT2D eigenvalue weighted by Crippen LogP contribution is 2.29. The summed E-state index contributed by atoms with van der Waals surface area (Å²) in [5.74, 6) is 0. The smallest absolute Gasteiger partial charge is 0.172 e. The molecule has 0 spiro atoms. The zero-order valence-corrected chi connectivity index (χ0v) is 9.87. The number of hydrogen-bond acceptors (Lipinski definition) is 3. The van der Waals surface area contributed by atoms with Crippen LogP contribution in [-0.4, -0.2) is 25.8 Å². The molecule has 1 unspecified atom stereocenters. The molecular formula is C12H13ClN2O. The normalized spacial score (nSPS) is 24.4. The van der Waals surface area contributed by atoms with Crippen molar-refractivity contribution in [2.24, 2.45) is 0 Å². The van der Waals surface area contributed by atoms with Crippen molar-refractivity contribution < 1.29 is 4.74 Å². The molecule has 84 valence electrons. The predicted octanol–water partition coefficient (Wildman–Crippen LogP) is 2.46. The van der Waals surface area contributed by atoms with Gasteiger partial charge < -0.3 is 9.64 Å². The van der Waals surface area contributed by atoms with Crippen molar-refractivity contribution in [3.63, 3.8) is 0 Å². The van der Waals surface area contributed by atoms with Gasteiger partial charge in [0.25, 0.3) is 0 Å². The zero-order valence-electron chi connectivity index (χ0n) is 9.11. The SMILES string of the molecule is COC1(C#N)CCN(c2ccc(Cl)cc2)C1. The van der Waals surface area contributed by atoms with Gasteiger partial charge in [0, 0.05) is 30.8 Å². The van der Waals surface area contributed by atoms with Crippen LogP contribution in [0, 0.1) is 11.3 Å². The molecule has 1 aliphatic heterocycles. The van der Waals surface area contributed by atoms with Crippen LogP contribution in [0.4, 0.5) is 5.69 Å². The Balaban J connectivity index is 2.15. The minimum Gasteiger partial charge on any atom is -0.367 e. The molecule has 0 radical (unpaired) electrons. The van der Waals surface area contributed by atoms with Crippen LogP contribution in [0.3, 0.4) is 0 Å². The van der Waals surface area contributed by atoms with Gasteiger partial charge in [0.2, 0.25) is 0 Å². The summed E-state index contributed by atoms with van der Waals surface area (Å²) in [5.41, 5.74) is 0.429. The van der Waals surface area contributed by atoms with Crippen LogP contribution in [0.15, 0.2) is 24.3 Å². The topological polar surface area (TPSA) is 36.3 Å². The summed E-state index contributed by atoms with van der Waals surface area (Å²) in [6.07, 6.45) is 0.739. The lowest BCUT2D eigenvalue weighted by Gasteiger charge is -2.21. The number of hydrogen-bond donors (Lipinski definition) is 0. The van der Waals surface area contributed by atoms with E-state index in [1.165, 1.54) is 0 Å². The van der Waals surface area contributed by atoms with Crippen LogP contribution in [0.5, 0.6) is 0 Å². The third kappa shape index (κ3) is 1.99. The van der Waals surface area contributed by atoms with Crippen LogP contribution in [0.2, 0.25) is 5.02 Å². The van der Waals surface area contributed by atoms with E-state index >= 15 is 0 Å². The highest BCUT2D eigenvalue weighted by molar-refractivity contribution is 6.30. The fourth-order valence-corrected chi connectivity index (χ4v) is 2.08. The van der Waals surface area contributed by atoms with Gasteiger partial charge in [-0.25, -0.2) is 0 Å². The summed E-state index contributed by atoms with van der Waals surface area (Å²) in [7, 11) is 1.59. The molecule has 4 heteroatoms. The van der Waals surface area contributed by atoms with E-state index in [9.17, 15) is 0 Å². The van der Waals surface area contributed by atoms with E-state index in [1.54, 1.807) is 7.11 Å². The van der Waals surface area contributed by atoms with Gasteiger partial charge >= 0.3 is 0 Å². The average Bonchev–Trinajstić information content (AvgIpc) is 2.75. The Bertz CT molecular complexity index is 412. The van der Waals surface area contributed by atoms with E-state index in [2.05, 4.69) is 11.0 Å². The minimum absolute atomic E-state index is 0.613. The molecule has 0 bridgehead atoms. The maximum absolute atomic E-state index is 9.10.